The number of amides is 2. The molecule has 0 saturated carbocycles. The average molecular weight is 386 g/mol. The molecule has 0 aromatic carbocycles. The average Bonchev–Trinajstić information content (AvgIpc) is 3.29. The fourth-order valence-corrected chi connectivity index (χ4v) is 5.70. The lowest BCUT2D eigenvalue weighted by molar-refractivity contribution is 0.113. The van der Waals surface area contributed by atoms with Gasteiger partial charge in [-0.25, -0.2) is 4.79 Å². The summed E-state index contributed by atoms with van der Waals surface area (Å²) in [6.45, 7) is 12.5. The monoisotopic (exact) mass is 385 g/mol. The fourth-order valence-electron chi connectivity index (χ4n) is 5.70. The highest BCUT2D eigenvalue weighted by Crippen LogP contribution is 2.53. The van der Waals surface area contributed by atoms with Crippen LogP contribution in [0.25, 0.3) is 0 Å². The molecule has 1 spiro atoms. The summed E-state index contributed by atoms with van der Waals surface area (Å²) in [5.74, 6) is 0. The van der Waals surface area contributed by atoms with Crippen LogP contribution in [0.2, 0.25) is 0 Å². The Hall–Kier alpha value is -1.29. The van der Waals surface area contributed by atoms with E-state index in [1.54, 1.807) is 5.57 Å². The van der Waals surface area contributed by atoms with Gasteiger partial charge in [0.2, 0.25) is 0 Å². The molecule has 0 unspecified atom stereocenters. The maximum absolute atomic E-state index is 12.7. The molecule has 4 heteroatoms. The van der Waals surface area contributed by atoms with Crippen LogP contribution in [0.1, 0.15) is 72.1 Å². The summed E-state index contributed by atoms with van der Waals surface area (Å²) < 4.78 is 0. The van der Waals surface area contributed by atoms with Crippen molar-refractivity contribution in [3.8, 4) is 0 Å². The Morgan fingerprint density at radius 2 is 1.89 bits per heavy atom. The maximum atomic E-state index is 12.7. The number of likely N-dealkylation sites (tertiary alicyclic amines) is 2. The topological polar surface area (TPSA) is 35.6 Å². The van der Waals surface area contributed by atoms with Crippen molar-refractivity contribution in [2.24, 2.45) is 10.8 Å². The molecule has 2 aliphatic heterocycles. The first kappa shape index (κ1) is 20.0. The number of nitrogens with zero attached hydrogens (tertiary/aromatic N) is 2. The highest BCUT2D eigenvalue weighted by atomic mass is 16.2. The molecule has 0 aromatic rings. The number of piperidine rings is 1. The molecule has 0 aromatic heterocycles. The van der Waals surface area contributed by atoms with Gasteiger partial charge in [-0.1, -0.05) is 38.5 Å². The van der Waals surface area contributed by atoms with E-state index in [1.807, 2.05) is 4.90 Å². The maximum Gasteiger partial charge on any atom is 0.317 e. The van der Waals surface area contributed by atoms with Crippen molar-refractivity contribution in [2.45, 2.75) is 78.2 Å². The van der Waals surface area contributed by atoms with Crippen LogP contribution in [0, 0.1) is 10.8 Å². The third-order valence-electron chi connectivity index (χ3n) is 7.50. The fraction of sp³-hybridized carbons (Fsp3) is 0.792. The lowest BCUT2D eigenvalue weighted by Gasteiger charge is -2.42. The van der Waals surface area contributed by atoms with Crippen LogP contribution >= 0.6 is 0 Å². The number of urea groups is 1. The molecule has 2 saturated heterocycles. The summed E-state index contributed by atoms with van der Waals surface area (Å²) in [5.41, 5.74) is 3.87. The summed E-state index contributed by atoms with van der Waals surface area (Å²) >= 11 is 0. The molecular formula is C24H39N3O. The molecule has 1 N–H and O–H groups in total. The zero-order valence-electron chi connectivity index (χ0n) is 18.2. The Morgan fingerprint density at radius 3 is 2.57 bits per heavy atom. The van der Waals surface area contributed by atoms with Gasteiger partial charge in [0.05, 0.1) is 6.04 Å². The number of carbonyl (C=O) groups excluding carboxylic acids is 1. The van der Waals surface area contributed by atoms with Crippen molar-refractivity contribution in [1.82, 2.24) is 15.1 Å². The van der Waals surface area contributed by atoms with Crippen LogP contribution in [-0.4, -0.2) is 54.6 Å². The van der Waals surface area contributed by atoms with Gasteiger partial charge in [0.25, 0.3) is 0 Å². The van der Waals surface area contributed by atoms with Crippen molar-refractivity contribution in [1.29, 1.82) is 0 Å². The highest BCUT2D eigenvalue weighted by molar-refractivity contribution is 5.75. The summed E-state index contributed by atoms with van der Waals surface area (Å²) in [4.78, 5) is 17.4. The van der Waals surface area contributed by atoms with E-state index in [1.165, 1.54) is 57.3 Å². The van der Waals surface area contributed by atoms with Crippen LogP contribution < -0.4 is 5.32 Å². The molecule has 156 valence electrons. The van der Waals surface area contributed by atoms with Crippen molar-refractivity contribution in [2.75, 3.05) is 32.7 Å². The Bertz CT molecular complexity index is 643. The molecular weight excluding hydrogens is 346 g/mol. The van der Waals surface area contributed by atoms with E-state index < -0.39 is 0 Å². The first-order chi connectivity index (χ1) is 13.4. The minimum absolute atomic E-state index is 0.160. The molecule has 2 aliphatic carbocycles. The molecule has 4 aliphatic rings. The van der Waals surface area contributed by atoms with Gasteiger partial charge in [0, 0.05) is 13.1 Å². The van der Waals surface area contributed by atoms with Crippen molar-refractivity contribution in [3.63, 3.8) is 0 Å². The normalized spacial score (nSPS) is 27.5. The van der Waals surface area contributed by atoms with Crippen LogP contribution in [-0.2, 0) is 0 Å². The number of nitrogens with one attached hydrogen (secondary N) is 1. The Morgan fingerprint density at radius 1 is 1.18 bits per heavy atom. The van der Waals surface area contributed by atoms with Gasteiger partial charge >= 0.3 is 6.03 Å². The van der Waals surface area contributed by atoms with E-state index >= 15 is 0 Å². The minimum atomic E-state index is 0.160. The van der Waals surface area contributed by atoms with Crippen LogP contribution in [0.3, 0.4) is 0 Å². The van der Waals surface area contributed by atoms with Crippen LogP contribution in [0.5, 0.6) is 0 Å². The molecule has 4 rings (SSSR count). The second-order valence-electron chi connectivity index (χ2n) is 10.7. The highest BCUT2D eigenvalue weighted by Gasteiger charge is 2.47. The largest absolute Gasteiger partial charge is 0.331 e. The second-order valence-corrected chi connectivity index (χ2v) is 10.7. The van der Waals surface area contributed by atoms with Crippen LogP contribution in [0.15, 0.2) is 23.3 Å². The first-order valence-electron chi connectivity index (χ1n) is 11.5. The lowest BCUT2D eigenvalue weighted by atomic mass is 9.71. The number of fused-ring (bicyclic) bond motifs is 1. The van der Waals surface area contributed by atoms with E-state index in [0.29, 0.717) is 10.8 Å². The number of rotatable bonds is 3. The molecule has 28 heavy (non-hydrogen) atoms. The Kier molecular flexibility index (Phi) is 5.61. The molecule has 2 heterocycles. The van der Waals surface area contributed by atoms with Gasteiger partial charge in [0.15, 0.2) is 0 Å². The summed E-state index contributed by atoms with van der Waals surface area (Å²) in [6.07, 6.45) is 14.2. The molecule has 0 radical (unpaired) electrons. The number of carbonyl (C=O) groups is 1. The predicted octanol–water partition coefficient (Wildman–Crippen LogP) is 4.73. The quantitative estimate of drug-likeness (QED) is 0.762. The third-order valence-corrected chi connectivity index (χ3v) is 7.50. The van der Waals surface area contributed by atoms with Gasteiger partial charge < -0.3 is 15.1 Å². The molecule has 1 atom stereocenters. The summed E-state index contributed by atoms with van der Waals surface area (Å²) in [6, 6.07) is 0.383. The molecule has 2 fully saturated rings. The van der Waals surface area contributed by atoms with Gasteiger partial charge in [-0.15, -0.1) is 0 Å². The van der Waals surface area contributed by atoms with Gasteiger partial charge in [-0.2, -0.15) is 0 Å². The van der Waals surface area contributed by atoms with E-state index in [-0.39, 0.29) is 12.1 Å². The van der Waals surface area contributed by atoms with Gasteiger partial charge in [0.1, 0.15) is 0 Å². The SMILES string of the molecule is CC(C)(C)CCN1CCC2(CC1)C[C@H](NC(=O)N1CCCC1)C1=C2CCC=C1. The van der Waals surface area contributed by atoms with E-state index in [2.05, 4.69) is 43.1 Å². The standard InChI is InChI=1S/C24H39N3O/c1-23(2,3)10-15-26-16-11-24(12-17-26)18-21(19-8-4-5-9-20(19)24)25-22(28)27-13-6-7-14-27/h4,8,21H,5-7,9-18H2,1-3H3,(H,25,28)/t21-/m0/s1. The van der Waals surface area contributed by atoms with Crippen molar-refractivity contribution in [3.05, 3.63) is 23.3 Å². The zero-order chi connectivity index (χ0) is 19.8. The van der Waals surface area contributed by atoms with E-state index in [9.17, 15) is 4.79 Å². The minimum Gasteiger partial charge on any atom is -0.331 e. The predicted molar refractivity (Wildman–Crippen MR) is 115 cm³/mol. The molecule has 0 bridgehead atoms. The van der Waals surface area contributed by atoms with E-state index in [0.717, 1.165) is 32.4 Å². The van der Waals surface area contributed by atoms with E-state index in [4.69, 9.17) is 0 Å². The first-order valence-corrected chi connectivity index (χ1v) is 11.5. The number of allylic oxidation sites excluding steroid dienone is 2. The second kappa shape index (κ2) is 7.85. The van der Waals surface area contributed by atoms with Gasteiger partial charge in [-0.3, -0.25) is 0 Å². The molecule has 4 nitrogen and oxygen atoms in total. The van der Waals surface area contributed by atoms with Gasteiger partial charge in [-0.05, 0) is 87.4 Å². The third kappa shape index (κ3) is 4.17. The zero-order valence-corrected chi connectivity index (χ0v) is 18.2. The summed E-state index contributed by atoms with van der Waals surface area (Å²) in [7, 11) is 0. The molecule has 2 amide bonds. The lowest BCUT2D eigenvalue weighted by Crippen LogP contribution is -2.45. The van der Waals surface area contributed by atoms with Crippen molar-refractivity contribution < 1.29 is 4.79 Å². The smallest absolute Gasteiger partial charge is 0.317 e. The Labute approximate surface area is 171 Å². The number of hydrogen-bond acceptors (Lipinski definition) is 2. The van der Waals surface area contributed by atoms with Crippen LogP contribution in [0.4, 0.5) is 4.79 Å². The number of hydrogen-bond donors (Lipinski definition) is 1. The Balaban J connectivity index is 1.42. The van der Waals surface area contributed by atoms with Crippen molar-refractivity contribution >= 4 is 6.03 Å². The summed E-state index contributed by atoms with van der Waals surface area (Å²) in [5, 5.41) is 3.41.